The van der Waals surface area contributed by atoms with Crippen molar-refractivity contribution in [3.05, 3.63) is 41.1 Å². The van der Waals surface area contributed by atoms with Gasteiger partial charge in [-0.2, -0.15) is 11.3 Å². The van der Waals surface area contributed by atoms with Crippen molar-refractivity contribution in [1.29, 1.82) is 0 Å². The zero-order chi connectivity index (χ0) is 18.1. The van der Waals surface area contributed by atoms with Gasteiger partial charge in [0.2, 0.25) is 10.0 Å². The number of sulfonamides is 2. The van der Waals surface area contributed by atoms with Crippen LogP contribution in [0.2, 0.25) is 0 Å². The molecule has 0 atom stereocenters. The maximum Gasteiger partial charge on any atom is 0.264 e. The molecule has 2 aromatic rings. The molecule has 1 aromatic heterocycles. The number of hydrogen-bond acceptors (Lipinski definition) is 5. The van der Waals surface area contributed by atoms with Gasteiger partial charge in [0.15, 0.2) is 0 Å². The van der Waals surface area contributed by atoms with Crippen molar-refractivity contribution >= 4 is 37.1 Å². The van der Waals surface area contributed by atoms with Crippen molar-refractivity contribution in [2.75, 3.05) is 4.31 Å². The topological polar surface area (TPSA) is 97.5 Å². The molecule has 136 valence electrons. The van der Waals surface area contributed by atoms with E-state index in [4.69, 9.17) is 5.14 Å². The zero-order valence-corrected chi connectivity index (χ0v) is 16.0. The Labute approximate surface area is 152 Å². The molecule has 0 unspecified atom stereocenters. The lowest BCUT2D eigenvalue weighted by Gasteiger charge is -2.34. The molecule has 9 heteroatoms. The average molecular weight is 401 g/mol. The van der Waals surface area contributed by atoms with Gasteiger partial charge < -0.3 is 0 Å². The maximum absolute atomic E-state index is 13.3. The lowest BCUT2D eigenvalue weighted by atomic mass is 9.95. The number of nitrogens with zero attached hydrogens (tertiary/aromatic N) is 1. The van der Waals surface area contributed by atoms with Crippen LogP contribution in [0.25, 0.3) is 0 Å². The lowest BCUT2D eigenvalue weighted by molar-refractivity contribution is 0.438. The van der Waals surface area contributed by atoms with Crippen LogP contribution in [0.15, 0.2) is 50.9 Å². The van der Waals surface area contributed by atoms with Crippen molar-refractivity contribution in [2.24, 2.45) is 5.14 Å². The molecule has 1 heterocycles. The number of anilines is 1. The van der Waals surface area contributed by atoms with Gasteiger partial charge in [-0.15, -0.1) is 0 Å². The van der Waals surface area contributed by atoms with Gasteiger partial charge in [-0.25, -0.2) is 22.0 Å². The number of rotatable bonds is 5. The van der Waals surface area contributed by atoms with Gasteiger partial charge in [0, 0.05) is 11.4 Å². The fourth-order valence-electron chi connectivity index (χ4n) is 3.17. The molecule has 1 aliphatic rings. The number of hydrogen-bond donors (Lipinski definition) is 1. The second-order valence-corrected chi connectivity index (χ2v) is 10.3. The van der Waals surface area contributed by atoms with Crippen molar-refractivity contribution in [3.8, 4) is 0 Å². The molecule has 0 radical (unpaired) electrons. The fraction of sp³-hybridized carbons (Fsp3) is 0.375. The van der Waals surface area contributed by atoms with Crippen LogP contribution in [0.5, 0.6) is 0 Å². The van der Waals surface area contributed by atoms with E-state index in [9.17, 15) is 16.8 Å². The molecule has 2 N–H and O–H groups in total. The minimum atomic E-state index is -3.97. The Morgan fingerprint density at radius 3 is 2.28 bits per heavy atom. The van der Waals surface area contributed by atoms with Gasteiger partial charge in [0.1, 0.15) is 0 Å². The summed E-state index contributed by atoms with van der Waals surface area (Å²) in [5.41, 5.74) is 0.623. The largest absolute Gasteiger partial charge is 0.264 e. The van der Waals surface area contributed by atoms with Gasteiger partial charge in [0.25, 0.3) is 10.0 Å². The van der Waals surface area contributed by atoms with Crippen molar-refractivity contribution in [3.63, 3.8) is 0 Å². The highest BCUT2D eigenvalue weighted by Gasteiger charge is 2.33. The Morgan fingerprint density at radius 2 is 1.68 bits per heavy atom. The van der Waals surface area contributed by atoms with E-state index < -0.39 is 20.0 Å². The minimum Gasteiger partial charge on any atom is -0.262 e. The summed E-state index contributed by atoms with van der Waals surface area (Å²) < 4.78 is 51.2. The summed E-state index contributed by atoms with van der Waals surface area (Å²) in [5, 5.41) is 8.78. The van der Waals surface area contributed by atoms with E-state index >= 15 is 0 Å². The van der Waals surface area contributed by atoms with Crippen LogP contribution < -0.4 is 9.44 Å². The third kappa shape index (κ3) is 3.89. The van der Waals surface area contributed by atoms with Crippen LogP contribution >= 0.6 is 11.3 Å². The highest BCUT2D eigenvalue weighted by molar-refractivity contribution is 7.93. The molecule has 0 spiro atoms. The van der Waals surface area contributed by atoms with Gasteiger partial charge >= 0.3 is 0 Å². The molecule has 1 aliphatic carbocycles. The van der Waals surface area contributed by atoms with E-state index in [0.29, 0.717) is 5.69 Å². The Balaban J connectivity index is 2.08. The predicted molar refractivity (Wildman–Crippen MR) is 98.7 cm³/mol. The first-order valence-electron chi connectivity index (χ1n) is 7.99. The molecule has 25 heavy (non-hydrogen) atoms. The quantitative estimate of drug-likeness (QED) is 0.834. The van der Waals surface area contributed by atoms with Crippen LogP contribution in [0.4, 0.5) is 5.69 Å². The van der Waals surface area contributed by atoms with Crippen LogP contribution in [-0.2, 0) is 20.0 Å². The predicted octanol–water partition coefficient (Wildman–Crippen LogP) is 2.92. The lowest BCUT2D eigenvalue weighted by Crippen LogP contribution is -2.41. The van der Waals surface area contributed by atoms with E-state index in [1.54, 1.807) is 11.4 Å². The summed E-state index contributed by atoms with van der Waals surface area (Å²) in [4.78, 5) is -0.265. The van der Waals surface area contributed by atoms with Gasteiger partial charge in [-0.3, -0.25) is 4.31 Å². The van der Waals surface area contributed by atoms with Crippen LogP contribution in [0.1, 0.15) is 32.1 Å². The highest BCUT2D eigenvalue weighted by atomic mass is 32.2. The van der Waals surface area contributed by atoms with E-state index in [2.05, 4.69) is 0 Å². The maximum atomic E-state index is 13.3. The number of thiophene rings is 1. The first-order valence-corrected chi connectivity index (χ1v) is 11.9. The number of primary sulfonamides is 1. The molecule has 1 fully saturated rings. The molecule has 0 aliphatic heterocycles. The Morgan fingerprint density at radius 1 is 1.00 bits per heavy atom. The molecule has 1 saturated carbocycles. The molecule has 3 rings (SSSR count). The normalized spacial score (nSPS) is 16.7. The van der Waals surface area contributed by atoms with Gasteiger partial charge in [-0.1, -0.05) is 25.3 Å². The van der Waals surface area contributed by atoms with Gasteiger partial charge in [0.05, 0.1) is 15.5 Å². The summed E-state index contributed by atoms with van der Waals surface area (Å²) >= 11 is 1.43. The van der Waals surface area contributed by atoms with Crippen LogP contribution in [0.3, 0.4) is 0 Å². The SMILES string of the molecule is NS(=O)(=O)c1cccc(S(=O)(=O)N(c2ccsc2)C2CCCCC2)c1. The first kappa shape index (κ1) is 18.4. The third-order valence-corrected chi connectivity index (χ3v) is 7.82. The Bertz CT molecular complexity index is 932. The second kappa shape index (κ2) is 7.06. The number of benzene rings is 1. The second-order valence-electron chi connectivity index (χ2n) is 6.09. The van der Waals surface area contributed by atoms with Crippen molar-refractivity contribution in [2.45, 2.75) is 47.9 Å². The molecule has 0 bridgehead atoms. The van der Waals surface area contributed by atoms with Crippen LogP contribution in [0, 0.1) is 0 Å². The molecule has 6 nitrogen and oxygen atoms in total. The minimum absolute atomic E-state index is 0.0594. The fourth-order valence-corrected chi connectivity index (χ4v) is 6.25. The summed E-state index contributed by atoms with van der Waals surface area (Å²) in [5.74, 6) is 0. The molecule has 1 aromatic carbocycles. The summed E-state index contributed by atoms with van der Waals surface area (Å²) in [7, 11) is -7.86. The molecular weight excluding hydrogens is 380 g/mol. The highest BCUT2D eigenvalue weighted by Crippen LogP contribution is 2.34. The summed E-state index contributed by atoms with van der Waals surface area (Å²) in [6.45, 7) is 0. The first-order chi connectivity index (χ1) is 11.8. The Hall–Kier alpha value is -1.42. The zero-order valence-electron chi connectivity index (χ0n) is 13.5. The van der Waals surface area contributed by atoms with Crippen LogP contribution in [-0.4, -0.2) is 22.9 Å². The number of nitrogens with two attached hydrogens (primary N) is 1. The summed E-state index contributed by atoms with van der Waals surface area (Å²) in [6, 6.07) is 6.90. The Kier molecular flexibility index (Phi) is 5.19. The average Bonchev–Trinajstić information content (AvgIpc) is 3.09. The van der Waals surface area contributed by atoms with Crippen molar-refractivity contribution in [1.82, 2.24) is 0 Å². The molecule has 0 saturated heterocycles. The summed E-state index contributed by atoms with van der Waals surface area (Å²) in [6.07, 6.45) is 4.67. The smallest absolute Gasteiger partial charge is 0.262 e. The third-order valence-electron chi connectivity index (χ3n) is 4.36. The molecular formula is C16H20N2O4S3. The van der Waals surface area contributed by atoms with E-state index in [1.165, 1.54) is 33.8 Å². The standard InChI is InChI=1S/C16H20N2O4S3/c17-24(19,20)15-7-4-8-16(11-15)25(21,22)18(14-9-10-23-12-14)13-5-2-1-3-6-13/h4,7-13H,1-3,5-6H2,(H2,17,19,20). The van der Waals surface area contributed by atoms with E-state index in [0.717, 1.165) is 38.2 Å². The molecule has 0 amide bonds. The monoisotopic (exact) mass is 400 g/mol. The van der Waals surface area contributed by atoms with Gasteiger partial charge in [-0.05, 0) is 42.5 Å². The van der Waals surface area contributed by atoms with Crippen molar-refractivity contribution < 1.29 is 16.8 Å². The van der Waals surface area contributed by atoms with E-state index in [1.807, 2.05) is 5.38 Å². The van der Waals surface area contributed by atoms with E-state index in [-0.39, 0.29) is 15.8 Å².